The van der Waals surface area contributed by atoms with E-state index in [0.717, 1.165) is 21.5 Å². The van der Waals surface area contributed by atoms with Gasteiger partial charge in [0.1, 0.15) is 80.0 Å². The molecule has 5 aromatic heterocycles. The van der Waals surface area contributed by atoms with Crippen LogP contribution in [-0.2, 0) is 17.4 Å². The standard InChI is InChI=1S/C25H17Cl2F3N6O3.C23H16Cl2N6O3.C15H10ClN3O2/c1-13-6-14(8-15(7-13)25(28,29)30)24(39,22-11-35(33-31-22)18-9-16(26)2-4-20(18)37)23-12-36(34-32-23)19-10-17(27)3-5-21(19)38;24-15-6-8-19(32)17(10-15)30-12-21(26-28-30)23(34,14-4-2-1-3-5-14)22-13-31(29-27-22)18-11-16(25)7-9-20(18)33;16-11-6-7-14(20)13(8-11)19-9-12(17-18-19)15(21)10-4-2-1-3-5-10/h2-12,37-39H,1H3;1-13,32-34H;1-9,20H. The number of aromatic hydroxyl groups is 5. The van der Waals surface area contributed by atoms with Crippen molar-refractivity contribution in [3.63, 3.8) is 0 Å². The molecular formula is C63H43Cl5F3N15O8. The number of aromatic nitrogens is 15. The molecule has 13 rings (SSSR count). The minimum absolute atomic E-state index is 0.00279. The summed E-state index contributed by atoms with van der Waals surface area (Å²) in [6.45, 7) is 1.45. The van der Waals surface area contributed by atoms with Gasteiger partial charge in [0.2, 0.25) is 5.78 Å². The van der Waals surface area contributed by atoms with E-state index in [1.807, 2.05) is 12.1 Å². The molecule has 0 saturated heterocycles. The number of rotatable bonds is 13. The number of benzene rings is 8. The number of alkyl halides is 3. The molecule has 23 nitrogen and oxygen atoms in total. The molecule has 0 spiro atoms. The molecule has 0 radical (unpaired) electrons. The fourth-order valence-electron chi connectivity index (χ4n) is 9.50. The molecule has 0 atom stereocenters. The number of hydrogen-bond acceptors (Lipinski definition) is 18. The van der Waals surface area contributed by atoms with E-state index in [1.165, 1.54) is 125 Å². The molecule has 0 aliphatic heterocycles. The average Bonchev–Trinajstić information content (AvgIpc) is 1.75. The molecule has 94 heavy (non-hydrogen) atoms. The maximum Gasteiger partial charge on any atom is 0.416 e. The summed E-state index contributed by atoms with van der Waals surface area (Å²) in [5.41, 5.74) is -3.18. The van der Waals surface area contributed by atoms with Crippen LogP contribution in [0.15, 0.2) is 201 Å². The van der Waals surface area contributed by atoms with Gasteiger partial charge in [0.25, 0.3) is 0 Å². The Labute approximate surface area is 553 Å². The summed E-state index contributed by atoms with van der Waals surface area (Å²) in [4.78, 5) is 12.2. The number of carbonyl (C=O) groups is 1. The van der Waals surface area contributed by atoms with Crippen LogP contribution in [0.3, 0.4) is 0 Å². The Hall–Kier alpha value is -10.7. The van der Waals surface area contributed by atoms with E-state index >= 15 is 0 Å². The Bertz CT molecular complexity index is 4760. The molecule has 0 aliphatic carbocycles. The first-order chi connectivity index (χ1) is 44.9. The number of aryl methyl sites for hydroxylation is 1. The van der Waals surface area contributed by atoms with Gasteiger partial charge in [0, 0.05) is 30.7 Å². The molecule has 0 saturated carbocycles. The van der Waals surface area contributed by atoms with Crippen molar-refractivity contribution in [1.82, 2.24) is 75.0 Å². The van der Waals surface area contributed by atoms with Gasteiger partial charge in [-0.15, -0.1) is 25.5 Å². The number of nitrogens with zero attached hydrogens (tertiary/aromatic N) is 15. The Balaban J connectivity index is 0.000000150. The summed E-state index contributed by atoms with van der Waals surface area (Å²) in [6.07, 6.45) is 2.12. The number of carbonyl (C=O) groups excluding carboxylic acids is 1. The molecule has 13 aromatic rings. The normalized spacial score (nSPS) is 11.6. The number of phenols is 5. The highest BCUT2D eigenvalue weighted by Crippen LogP contribution is 2.41. The van der Waals surface area contributed by atoms with Crippen molar-refractivity contribution in [1.29, 1.82) is 0 Å². The van der Waals surface area contributed by atoms with Crippen LogP contribution >= 0.6 is 58.0 Å². The summed E-state index contributed by atoms with van der Waals surface area (Å²) in [5.74, 6) is -0.780. The first-order valence-electron chi connectivity index (χ1n) is 27.2. The van der Waals surface area contributed by atoms with Gasteiger partial charge in [0.05, 0.1) is 36.5 Å². The number of halogens is 8. The van der Waals surface area contributed by atoms with E-state index < -0.39 is 22.9 Å². The van der Waals surface area contributed by atoms with E-state index in [4.69, 9.17) is 58.0 Å². The van der Waals surface area contributed by atoms with Crippen LogP contribution in [0.5, 0.6) is 28.7 Å². The molecule has 7 N–H and O–H groups in total. The van der Waals surface area contributed by atoms with Gasteiger partial charge in [0.15, 0.2) is 16.9 Å². The lowest BCUT2D eigenvalue weighted by Gasteiger charge is -2.25. The second-order valence-electron chi connectivity index (χ2n) is 20.5. The molecule has 5 heterocycles. The zero-order valence-corrected chi connectivity index (χ0v) is 51.6. The first-order valence-corrected chi connectivity index (χ1v) is 29.1. The number of phenolic OH excluding ortho intramolecular Hbond substituents is 5. The lowest BCUT2D eigenvalue weighted by molar-refractivity contribution is -0.137. The highest BCUT2D eigenvalue weighted by atomic mass is 35.5. The van der Waals surface area contributed by atoms with Gasteiger partial charge < -0.3 is 35.7 Å². The fourth-order valence-corrected chi connectivity index (χ4v) is 10.3. The lowest BCUT2D eigenvalue weighted by Crippen LogP contribution is -2.30. The van der Waals surface area contributed by atoms with Crippen molar-refractivity contribution >= 4 is 63.8 Å². The van der Waals surface area contributed by atoms with Crippen molar-refractivity contribution in [3.05, 3.63) is 282 Å². The van der Waals surface area contributed by atoms with E-state index in [9.17, 15) is 53.7 Å². The lowest BCUT2D eigenvalue weighted by atomic mass is 9.86. The van der Waals surface area contributed by atoms with E-state index in [1.54, 1.807) is 72.8 Å². The molecule has 0 bridgehead atoms. The molecule has 8 aromatic carbocycles. The molecule has 0 aliphatic rings. The topological polar surface area (TPSA) is 312 Å². The van der Waals surface area contributed by atoms with Crippen molar-refractivity contribution in [2.24, 2.45) is 0 Å². The molecule has 0 unspecified atom stereocenters. The Morgan fingerprint density at radius 1 is 0.372 bits per heavy atom. The highest BCUT2D eigenvalue weighted by molar-refractivity contribution is 6.32. The smallest absolute Gasteiger partial charge is 0.416 e. The highest BCUT2D eigenvalue weighted by Gasteiger charge is 2.43. The predicted molar refractivity (Wildman–Crippen MR) is 337 cm³/mol. The largest absolute Gasteiger partial charge is 0.506 e. The molecule has 0 amide bonds. The maximum atomic E-state index is 13.7. The van der Waals surface area contributed by atoms with Crippen LogP contribution in [0.1, 0.15) is 61.1 Å². The molecule has 0 fully saturated rings. The zero-order valence-electron chi connectivity index (χ0n) is 47.8. The number of ketones is 1. The van der Waals surface area contributed by atoms with Gasteiger partial charge in [-0.2, -0.15) is 13.2 Å². The second-order valence-corrected chi connectivity index (χ2v) is 22.7. The number of hydrogen-bond donors (Lipinski definition) is 7. The van der Waals surface area contributed by atoms with Crippen LogP contribution in [-0.4, -0.2) is 116 Å². The Morgan fingerprint density at radius 3 is 1.01 bits per heavy atom. The average molecular weight is 1370 g/mol. The van der Waals surface area contributed by atoms with Gasteiger partial charge in [-0.3, -0.25) is 4.79 Å². The minimum Gasteiger partial charge on any atom is -0.506 e. The fraction of sp³-hybridized carbons (Fsp3) is 0.0635. The van der Waals surface area contributed by atoms with Crippen molar-refractivity contribution in [2.45, 2.75) is 24.3 Å². The van der Waals surface area contributed by atoms with Gasteiger partial charge in [-0.25, -0.2) is 23.4 Å². The first kappa shape index (κ1) is 64.8. The van der Waals surface area contributed by atoms with Crippen LogP contribution in [0.25, 0.3) is 28.4 Å². The predicted octanol–water partition coefficient (Wildman–Crippen LogP) is 11.9. The van der Waals surface area contributed by atoms with E-state index in [-0.39, 0.29) is 107 Å². The van der Waals surface area contributed by atoms with Crippen LogP contribution < -0.4 is 0 Å². The summed E-state index contributed by atoms with van der Waals surface area (Å²) < 4.78 is 47.3. The van der Waals surface area contributed by atoms with Crippen LogP contribution in [0.2, 0.25) is 25.1 Å². The van der Waals surface area contributed by atoms with Gasteiger partial charge in [-0.1, -0.05) is 156 Å². The van der Waals surface area contributed by atoms with Crippen molar-refractivity contribution in [3.8, 4) is 57.2 Å². The third-order valence-corrected chi connectivity index (χ3v) is 15.3. The van der Waals surface area contributed by atoms with E-state index in [0.29, 0.717) is 31.9 Å². The third kappa shape index (κ3) is 13.5. The summed E-state index contributed by atoms with van der Waals surface area (Å²) in [6, 6.07) is 42.5. The maximum absolute atomic E-state index is 13.7. The molecule has 474 valence electrons. The summed E-state index contributed by atoms with van der Waals surface area (Å²) in [5, 5.41) is 117. The summed E-state index contributed by atoms with van der Waals surface area (Å²) in [7, 11) is 0. The Morgan fingerprint density at radius 2 is 0.670 bits per heavy atom. The van der Waals surface area contributed by atoms with Crippen molar-refractivity contribution in [2.75, 3.05) is 0 Å². The zero-order chi connectivity index (χ0) is 66.8. The third-order valence-electron chi connectivity index (χ3n) is 14.2. The Kier molecular flexibility index (Phi) is 18.3. The SMILES string of the molecule is Cc1cc(C(F)(F)F)cc(C(O)(c2cn(-c3cc(Cl)ccc3O)nn2)c2cn(-c3cc(Cl)ccc3O)nn2)c1.O=C(c1ccccc1)c1cn(-c2cc(Cl)ccc2O)nn1.Oc1ccc(Cl)cc1-n1cc(C(O)(c2ccccc2)c2cn(-c3cc(Cl)ccc3O)nn2)nn1. The second kappa shape index (κ2) is 26.5. The summed E-state index contributed by atoms with van der Waals surface area (Å²) >= 11 is 30.1. The quantitative estimate of drug-likeness (QED) is 0.0528. The number of aliphatic hydroxyl groups is 2. The molecular weight excluding hydrogens is 1330 g/mol. The monoisotopic (exact) mass is 1370 g/mol. The van der Waals surface area contributed by atoms with E-state index in [2.05, 4.69) is 51.6 Å². The minimum atomic E-state index is -4.71. The van der Waals surface area contributed by atoms with Crippen LogP contribution in [0.4, 0.5) is 13.2 Å². The van der Waals surface area contributed by atoms with Gasteiger partial charge in [-0.05, 0) is 121 Å². The van der Waals surface area contributed by atoms with Crippen molar-refractivity contribution < 1.29 is 53.7 Å². The van der Waals surface area contributed by atoms with Crippen LogP contribution in [0, 0.1) is 6.92 Å². The molecule has 31 heteroatoms. The van der Waals surface area contributed by atoms with Gasteiger partial charge >= 0.3 is 6.18 Å².